The molecule has 32 heavy (non-hydrogen) atoms. The first-order valence-corrected chi connectivity index (χ1v) is 11.5. The van der Waals surface area contributed by atoms with E-state index in [4.69, 9.17) is 0 Å². The molecule has 2 aliphatic rings. The van der Waals surface area contributed by atoms with E-state index in [-0.39, 0.29) is 11.9 Å². The third kappa shape index (κ3) is 3.25. The van der Waals surface area contributed by atoms with E-state index in [0.29, 0.717) is 6.54 Å². The van der Waals surface area contributed by atoms with E-state index in [2.05, 4.69) is 47.4 Å². The van der Waals surface area contributed by atoms with Gasteiger partial charge in [0.1, 0.15) is 0 Å². The number of aromatic amines is 1. The molecule has 1 unspecified atom stereocenters. The Morgan fingerprint density at radius 2 is 1.72 bits per heavy atom. The minimum atomic E-state index is -0.0926. The second-order valence-corrected chi connectivity index (χ2v) is 8.87. The van der Waals surface area contributed by atoms with Gasteiger partial charge in [0.15, 0.2) is 0 Å². The molecule has 0 saturated carbocycles. The van der Waals surface area contributed by atoms with Crippen LogP contribution in [0.25, 0.3) is 17.0 Å². The average Bonchev–Trinajstić information content (AvgIpc) is 3.46. The van der Waals surface area contributed by atoms with Gasteiger partial charge in [-0.3, -0.25) is 4.79 Å². The molecule has 0 radical (unpaired) electrons. The number of para-hydroxylation sites is 1. The first kappa shape index (κ1) is 19.1. The zero-order valence-corrected chi connectivity index (χ0v) is 18.1. The summed E-state index contributed by atoms with van der Waals surface area (Å²) in [5.41, 5.74) is 8.82. The van der Waals surface area contributed by atoms with Crippen LogP contribution in [0.2, 0.25) is 0 Å². The molecule has 1 aliphatic heterocycles. The predicted molar refractivity (Wildman–Crippen MR) is 130 cm³/mol. The summed E-state index contributed by atoms with van der Waals surface area (Å²) >= 11 is 0. The number of aromatic nitrogens is 1. The summed E-state index contributed by atoms with van der Waals surface area (Å²) in [7, 11) is 0. The van der Waals surface area contributed by atoms with Crippen LogP contribution in [0.1, 0.15) is 46.0 Å². The SMILES string of the molecule is O=C(/C=C/c1ccccc1)N1CCc2c([nH]c3ccccc23)C1c1ccc2c(c1)CCC2. The Hall–Kier alpha value is -3.59. The van der Waals surface area contributed by atoms with E-state index in [1.165, 1.54) is 40.5 Å². The molecule has 1 aliphatic carbocycles. The number of amides is 1. The van der Waals surface area contributed by atoms with Crippen LogP contribution in [0.3, 0.4) is 0 Å². The Kier molecular flexibility index (Phi) is 4.68. The fraction of sp³-hybridized carbons (Fsp3) is 0.207. The van der Waals surface area contributed by atoms with Crippen LogP contribution >= 0.6 is 0 Å². The second kappa shape index (κ2) is 7.83. The van der Waals surface area contributed by atoms with Gasteiger partial charge < -0.3 is 9.88 Å². The van der Waals surface area contributed by atoms with Crippen LogP contribution in [0.4, 0.5) is 0 Å². The Balaban J connectivity index is 1.44. The molecule has 3 heteroatoms. The highest BCUT2D eigenvalue weighted by molar-refractivity contribution is 5.93. The van der Waals surface area contributed by atoms with Crippen molar-refractivity contribution in [2.45, 2.75) is 31.7 Å². The highest BCUT2D eigenvalue weighted by Crippen LogP contribution is 2.39. The monoisotopic (exact) mass is 418 g/mol. The molecule has 3 nitrogen and oxygen atoms in total. The van der Waals surface area contributed by atoms with Gasteiger partial charge in [0, 0.05) is 29.2 Å². The van der Waals surface area contributed by atoms with E-state index in [1.54, 1.807) is 6.08 Å². The lowest BCUT2D eigenvalue weighted by Crippen LogP contribution is -2.39. The third-order valence-corrected chi connectivity index (χ3v) is 6.97. The molecule has 1 atom stereocenters. The van der Waals surface area contributed by atoms with Crippen molar-refractivity contribution in [1.29, 1.82) is 0 Å². The van der Waals surface area contributed by atoms with Crippen LogP contribution in [0, 0.1) is 0 Å². The molecule has 4 aromatic rings. The lowest BCUT2D eigenvalue weighted by atomic mass is 9.90. The zero-order valence-electron chi connectivity index (χ0n) is 18.1. The largest absolute Gasteiger partial charge is 0.356 e. The zero-order chi connectivity index (χ0) is 21.5. The maximum absolute atomic E-state index is 13.4. The molecule has 3 aromatic carbocycles. The van der Waals surface area contributed by atoms with Crippen molar-refractivity contribution >= 4 is 22.9 Å². The number of fused-ring (bicyclic) bond motifs is 4. The van der Waals surface area contributed by atoms with Crippen molar-refractivity contribution in [3.05, 3.63) is 112 Å². The van der Waals surface area contributed by atoms with Crippen molar-refractivity contribution in [3.63, 3.8) is 0 Å². The number of carbonyl (C=O) groups excluding carboxylic acids is 1. The summed E-state index contributed by atoms with van der Waals surface area (Å²) < 4.78 is 0. The maximum atomic E-state index is 13.4. The minimum Gasteiger partial charge on any atom is -0.356 e. The number of hydrogen-bond acceptors (Lipinski definition) is 1. The van der Waals surface area contributed by atoms with Gasteiger partial charge in [-0.05, 0) is 65.6 Å². The summed E-state index contributed by atoms with van der Waals surface area (Å²) in [6.07, 6.45) is 8.04. The molecule has 158 valence electrons. The average molecular weight is 419 g/mol. The number of rotatable bonds is 3. The topological polar surface area (TPSA) is 36.1 Å². The molecule has 0 fully saturated rings. The third-order valence-electron chi connectivity index (χ3n) is 6.97. The lowest BCUT2D eigenvalue weighted by Gasteiger charge is -2.36. The molecule has 0 saturated heterocycles. The van der Waals surface area contributed by atoms with Crippen LogP contribution in [0.15, 0.2) is 78.9 Å². The lowest BCUT2D eigenvalue weighted by molar-refractivity contribution is -0.128. The maximum Gasteiger partial charge on any atom is 0.247 e. The van der Waals surface area contributed by atoms with Gasteiger partial charge in [-0.15, -0.1) is 0 Å². The summed E-state index contributed by atoms with van der Waals surface area (Å²) in [5.74, 6) is 0.0589. The van der Waals surface area contributed by atoms with E-state index >= 15 is 0 Å². The Morgan fingerprint density at radius 3 is 2.62 bits per heavy atom. The highest BCUT2D eigenvalue weighted by Gasteiger charge is 2.34. The van der Waals surface area contributed by atoms with E-state index in [0.717, 1.165) is 29.6 Å². The number of H-pyrrole nitrogens is 1. The van der Waals surface area contributed by atoms with Crippen molar-refractivity contribution in [2.24, 2.45) is 0 Å². The number of carbonyl (C=O) groups is 1. The molecule has 1 amide bonds. The van der Waals surface area contributed by atoms with Gasteiger partial charge in [0.25, 0.3) is 0 Å². The highest BCUT2D eigenvalue weighted by atomic mass is 16.2. The van der Waals surface area contributed by atoms with Gasteiger partial charge in [0.2, 0.25) is 5.91 Å². The molecule has 1 aromatic heterocycles. The summed E-state index contributed by atoms with van der Waals surface area (Å²) in [5, 5.41) is 1.28. The number of hydrogen-bond donors (Lipinski definition) is 1. The van der Waals surface area contributed by atoms with Crippen LogP contribution in [-0.4, -0.2) is 22.3 Å². The molecule has 2 heterocycles. The number of aryl methyl sites for hydroxylation is 2. The fourth-order valence-electron chi connectivity index (χ4n) is 5.41. The fourth-order valence-corrected chi connectivity index (χ4v) is 5.41. The van der Waals surface area contributed by atoms with E-state index in [1.807, 2.05) is 41.3 Å². The second-order valence-electron chi connectivity index (χ2n) is 8.87. The summed E-state index contributed by atoms with van der Waals surface area (Å²) in [4.78, 5) is 19.1. The minimum absolute atomic E-state index is 0.0589. The Labute approximate surface area is 188 Å². The smallest absolute Gasteiger partial charge is 0.247 e. The van der Waals surface area contributed by atoms with Gasteiger partial charge in [0.05, 0.1) is 6.04 Å². The van der Waals surface area contributed by atoms with Crippen molar-refractivity contribution < 1.29 is 4.79 Å². The quantitative estimate of drug-likeness (QED) is 0.417. The summed E-state index contributed by atoms with van der Waals surface area (Å²) in [6, 6.07) is 25.3. The predicted octanol–water partition coefficient (Wildman–Crippen LogP) is 5.84. The van der Waals surface area contributed by atoms with Crippen LogP contribution < -0.4 is 0 Å². The molecule has 1 N–H and O–H groups in total. The number of nitrogens with zero attached hydrogens (tertiary/aromatic N) is 1. The Morgan fingerprint density at radius 1 is 0.906 bits per heavy atom. The summed E-state index contributed by atoms with van der Waals surface area (Å²) in [6.45, 7) is 0.717. The number of nitrogens with one attached hydrogen (secondary N) is 1. The van der Waals surface area contributed by atoms with Gasteiger partial charge >= 0.3 is 0 Å². The molecule has 6 rings (SSSR count). The van der Waals surface area contributed by atoms with Gasteiger partial charge in [-0.2, -0.15) is 0 Å². The van der Waals surface area contributed by atoms with Crippen molar-refractivity contribution in [2.75, 3.05) is 6.54 Å². The molecule has 0 spiro atoms. The number of benzene rings is 3. The molecular formula is C29H26N2O. The Bertz CT molecular complexity index is 1330. The first-order valence-electron chi connectivity index (χ1n) is 11.5. The molecule has 0 bridgehead atoms. The van der Waals surface area contributed by atoms with E-state index < -0.39 is 0 Å². The standard InChI is InChI=1S/C29H26N2O/c32-27(16-13-20-7-2-1-3-8-20)31-18-17-25-24-11-4-5-12-26(24)30-28(25)29(31)23-15-14-21-9-6-10-22(21)19-23/h1-5,7-8,11-16,19,29-30H,6,9-10,17-18H2/b16-13+. The van der Waals surface area contributed by atoms with Crippen LogP contribution in [-0.2, 0) is 24.1 Å². The van der Waals surface area contributed by atoms with Crippen molar-refractivity contribution in [1.82, 2.24) is 9.88 Å². The molecular weight excluding hydrogens is 392 g/mol. The van der Waals surface area contributed by atoms with Crippen molar-refractivity contribution in [3.8, 4) is 0 Å². The van der Waals surface area contributed by atoms with Gasteiger partial charge in [-0.25, -0.2) is 0 Å². The van der Waals surface area contributed by atoms with E-state index in [9.17, 15) is 4.79 Å². The normalized spacial score (nSPS) is 17.6. The van der Waals surface area contributed by atoms with Gasteiger partial charge in [-0.1, -0.05) is 66.7 Å². The first-order chi connectivity index (χ1) is 15.8. The van der Waals surface area contributed by atoms with Crippen LogP contribution in [0.5, 0.6) is 0 Å².